The van der Waals surface area contributed by atoms with E-state index in [1.165, 1.54) is 11.8 Å². The zero-order valence-corrected chi connectivity index (χ0v) is 14.7. The highest BCUT2D eigenvalue weighted by Gasteiger charge is 2.21. The molecule has 25 heavy (non-hydrogen) atoms. The van der Waals surface area contributed by atoms with Crippen molar-refractivity contribution < 1.29 is 14.7 Å². The molecule has 0 aliphatic carbocycles. The second kappa shape index (κ2) is 7.14. The minimum absolute atomic E-state index is 0.0777. The molecule has 1 atom stereocenters. The van der Waals surface area contributed by atoms with Crippen molar-refractivity contribution in [2.45, 2.75) is 31.5 Å². The monoisotopic (exact) mass is 361 g/mol. The fourth-order valence-electron chi connectivity index (χ4n) is 2.60. The number of para-hydroxylation sites is 2. The van der Waals surface area contributed by atoms with Gasteiger partial charge in [0.15, 0.2) is 5.16 Å². The quantitative estimate of drug-likeness (QED) is 0.554. The summed E-state index contributed by atoms with van der Waals surface area (Å²) >= 11 is 1.23. The molecule has 0 bridgehead atoms. The third kappa shape index (κ3) is 3.76. The Morgan fingerprint density at radius 2 is 2.12 bits per heavy atom. The van der Waals surface area contributed by atoms with Gasteiger partial charge in [0.2, 0.25) is 11.7 Å². The number of hydrogen-bond donors (Lipinski definition) is 3. The Morgan fingerprint density at radius 3 is 2.84 bits per heavy atom. The molecule has 0 fully saturated rings. The van der Waals surface area contributed by atoms with Crippen LogP contribution in [0.5, 0.6) is 0 Å². The Bertz CT molecular complexity index is 917. The maximum Gasteiger partial charge on any atom is 0.326 e. The third-order valence-corrected chi connectivity index (χ3v) is 4.61. The average Bonchev–Trinajstić information content (AvgIpc) is 3.11. The maximum absolute atomic E-state index is 12.1. The highest BCUT2D eigenvalue weighted by atomic mass is 32.2. The average molecular weight is 361 g/mol. The van der Waals surface area contributed by atoms with E-state index in [4.69, 9.17) is 0 Å². The van der Waals surface area contributed by atoms with Crippen molar-refractivity contribution in [3.05, 3.63) is 24.3 Å². The first-order valence-corrected chi connectivity index (χ1v) is 8.90. The van der Waals surface area contributed by atoms with Gasteiger partial charge in [-0.1, -0.05) is 37.7 Å². The Morgan fingerprint density at radius 1 is 1.36 bits per heavy atom. The fraction of sp³-hybridized carbons (Fsp3) is 0.375. The minimum atomic E-state index is -1.02. The number of H-pyrrole nitrogens is 1. The molecule has 3 aromatic rings. The number of nitrogens with one attached hydrogen (secondary N) is 2. The predicted octanol–water partition coefficient (Wildman–Crippen LogP) is 1.92. The highest BCUT2D eigenvalue weighted by Crippen LogP contribution is 2.22. The number of carboxylic acid groups (broad SMARTS) is 1. The van der Waals surface area contributed by atoms with Gasteiger partial charge in [-0.2, -0.15) is 0 Å². The second-order valence-corrected chi connectivity index (χ2v) is 7.08. The van der Waals surface area contributed by atoms with Crippen LogP contribution in [0, 0.1) is 5.92 Å². The summed E-state index contributed by atoms with van der Waals surface area (Å²) in [7, 11) is 0. The number of amides is 1. The molecule has 1 amide bonds. The molecule has 2 aromatic heterocycles. The summed E-state index contributed by atoms with van der Waals surface area (Å²) in [5.41, 5.74) is 1.74. The van der Waals surface area contributed by atoms with Crippen LogP contribution in [0.1, 0.15) is 20.3 Å². The lowest BCUT2D eigenvalue weighted by Crippen LogP contribution is -2.42. The normalized spacial score (nSPS) is 12.8. The molecule has 8 nitrogen and oxygen atoms in total. The number of carboxylic acids is 1. The van der Waals surface area contributed by atoms with Crippen LogP contribution in [0.25, 0.3) is 16.8 Å². The minimum Gasteiger partial charge on any atom is -0.480 e. The first-order valence-electron chi connectivity index (χ1n) is 7.92. The van der Waals surface area contributed by atoms with Gasteiger partial charge in [0.05, 0.1) is 16.8 Å². The largest absolute Gasteiger partial charge is 0.480 e. The van der Waals surface area contributed by atoms with E-state index in [1.54, 1.807) is 0 Å². The van der Waals surface area contributed by atoms with Crippen LogP contribution >= 0.6 is 11.8 Å². The standard InChI is InChI=1S/C16H19N5O3S/c1-9(2)7-11(14(23)24)17-13(22)8-25-16-20-19-15-18-10-5-3-4-6-12(10)21(15)16/h3-6,9,11H,7-8H2,1-2H3,(H,17,22)(H,18,19)(H,23,24)/t11-/m1/s1. The van der Waals surface area contributed by atoms with Gasteiger partial charge in [-0.15, -0.1) is 5.10 Å². The van der Waals surface area contributed by atoms with Crippen molar-refractivity contribution in [2.24, 2.45) is 5.92 Å². The number of aromatic nitrogens is 4. The van der Waals surface area contributed by atoms with Crippen molar-refractivity contribution in [3.8, 4) is 0 Å². The van der Waals surface area contributed by atoms with Crippen molar-refractivity contribution >= 4 is 40.4 Å². The third-order valence-electron chi connectivity index (χ3n) is 3.68. The van der Waals surface area contributed by atoms with Crippen LogP contribution < -0.4 is 5.32 Å². The van der Waals surface area contributed by atoms with Crippen LogP contribution in [0.2, 0.25) is 0 Å². The zero-order chi connectivity index (χ0) is 18.0. The first-order chi connectivity index (χ1) is 12.0. The highest BCUT2D eigenvalue weighted by molar-refractivity contribution is 7.99. The number of thioether (sulfide) groups is 1. The lowest BCUT2D eigenvalue weighted by Gasteiger charge is -2.16. The zero-order valence-electron chi connectivity index (χ0n) is 13.9. The number of aliphatic carboxylic acids is 1. The summed E-state index contributed by atoms with van der Waals surface area (Å²) in [4.78, 5) is 27.8. The van der Waals surface area contributed by atoms with Gasteiger partial charge in [-0.05, 0) is 24.5 Å². The molecule has 1 aromatic carbocycles. The van der Waals surface area contributed by atoms with Crippen molar-refractivity contribution in [1.82, 2.24) is 24.9 Å². The van der Waals surface area contributed by atoms with Gasteiger partial charge in [0.25, 0.3) is 0 Å². The lowest BCUT2D eigenvalue weighted by atomic mass is 10.0. The number of benzene rings is 1. The Hall–Kier alpha value is -2.55. The second-order valence-electron chi connectivity index (χ2n) is 6.14. The summed E-state index contributed by atoms with van der Waals surface area (Å²) in [6.07, 6.45) is 0.393. The molecule has 0 saturated heterocycles. The number of hydrogen-bond acceptors (Lipinski definition) is 5. The molecule has 0 aliphatic heterocycles. The molecule has 0 radical (unpaired) electrons. The summed E-state index contributed by atoms with van der Waals surface area (Å²) in [6.45, 7) is 3.84. The van der Waals surface area contributed by atoms with Crippen molar-refractivity contribution in [2.75, 3.05) is 5.75 Å². The summed E-state index contributed by atoms with van der Waals surface area (Å²) in [5.74, 6) is -0.493. The van der Waals surface area contributed by atoms with Gasteiger partial charge >= 0.3 is 5.97 Å². The number of aromatic amines is 1. The van der Waals surface area contributed by atoms with Crippen LogP contribution in [0.3, 0.4) is 0 Å². The van der Waals surface area contributed by atoms with E-state index < -0.39 is 12.0 Å². The van der Waals surface area contributed by atoms with E-state index in [-0.39, 0.29) is 17.6 Å². The molecule has 3 N–H and O–H groups in total. The number of nitrogens with zero attached hydrogens (tertiary/aromatic N) is 3. The predicted molar refractivity (Wildman–Crippen MR) is 94.6 cm³/mol. The molecule has 2 heterocycles. The molecular formula is C16H19N5O3S. The number of carbonyl (C=O) groups excluding carboxylic acids is 1. The van der Waals surface area contributed by atoms with Gasteiger partial charge < -0.3 is 10.4 Å². The molecule has 0 spiro atoms. The molecule has 0 saturated carbocycles. The van der Waals surface area contributed by atoms with E-state index in [9.17, 15) is 14.7 Å². The number of rotatable bonds is 7. The summed E-state index contributed by atoms with van der Waals surface area (Å²) < 4.78 is 1.84. The Balaban J connectivity index is 1.70. The maximum atomic E-state index is 12.1. The SMILES string of the molecule is CC(C)C[C@@H](NC(=O)CSc1n[nH]c2nc3ccccc3n12)C(=O)O. The van der Waals surface area contributed by atoms with Crippen molar-refractivity contribution in [1.29, 1.82) is 0 Å². The Labute approximate surface area is 148 Å². The van der Waals surface area contributed by atoms with Gasteiger partial charge in [0.1, 0.15) is 6.04 Å². The van der Waals surface area contributed by atoms with Gasteiger partial charge in [0, 0.05) is 0 Å². The van der Waals surface area contributed by atoms with E-state index in [2.05, 4.69) is 20.5 Å². The first kappa shape index (κ1) is 17.3. The summed E-state index contributed by atoms with van der Waals surface area (Å²) in [5, 5.41) is 19.4. The van der Waals surface area contributed by atoms with Gasteiger partial charge in [-0.3, -0.25) is 9.20 Å². The molecule has 9 heteroatoms. The van der Waals surface area contributed by atoms with E-state index in [0.717, 1.165) is 11.0 Å². The fourth-order valence-corrected chi connectivity index (χ4v) is 3.37. The van der Waals surface area contributed by atoms with Gasteiger partial charge in [-0.25, -0.2) is 14.9 Å². The number of carbonyl (C=O) groups is 2. The lowest BCUT2D eigenvalue weighted by molar-refractivity contribution is -0.141. The number of fused-ring (bicyclic) bond motifs is 3. The van der Waals surface area contributed by atoms with E-state index in [1.807, 2.05) is 42.5 Å². The van der Waals surface area contributed by atoms with Crippen LogP contribution in [0.15, 0.2) is 29.4 Å². The summed E-state index contributed by atoms with van der Waals surface area (Å²) in [6, 6.07) is 6.78. The van der Waals surface area contributed by atoms with E-state index in [0.29, 0.717) is 17.4 Å². The molecule has 3 rings (SSSR count). The Kier molecular flexibility index (Phi) is 4.93. The smallest absolute Gasteiger partial charge is 0.326 e. The van der Waals surface area contributed by atoms with E-state index >= 15 is 0 Å². The molecular weight excluding hydrogens is 342 g/mol. The van der Waals surface area contributed by atoms with Crippen LogP contribution in [0.4, 0.5) is 0 Å². The van der Waals surface area contributed by atoms with Crippen molar-refractivity contribution in [3.63, 3.8) is 0 Å². The molecule has 132 valence electrons. The molecule has 0 aliphatic rings. The topological polar surface area (TPSA) is 112 Å². The van der Waals surface area contributed by atoms with Crippen LogP contribution in [-0.2, 0) is 9.59 Å². The van der Waals surface area contributed by atoms with Crippen LogP contribution in [-0.4, -0.2) is 48.4 Å². The number of imidazole rings is 1. The molecule has 0 unspecified atom stereocenters.